The van der Waals surface area contributed by atoms with Crippen LogP contribution in [0.1, 0.15) is 45.7 Å². The molecule has 2 heterocycles. The minimum Gasteiger partial charge on any atom is -0.591 e. The number of nitrogens with zero attached hydrogens (tertiary/aromatic N) is 2. The van der Waals surface area contributed by atoms with Crippen molar-refractivity contribution in [1.29, 1.82) is 0 Å². The van der Waals surface area contributed by atoms with Gasteiger partial charge in [-0.15, -0.1) is 0 Å². The molecule has 0 saturated heterocycles. The molecule has 118 valence electrons. The van der Waals surface area contributed by atoms with E-state index in [1.54, 1.807) is 19.2 Å². The summed E-state index contributed by atoms with van der Waals surface area (Å²) in [6.07, 6.45) is 2.36. The van der Waals surface area contributed by atoms with Crippen molar-refractivity contribution in [3.05, 3.63) is 39.8 Å². The number of fused-ring (bicyclic) bond motifs is 1. The number of aromatic amines is 1. The zero-order valence-corrected chi connectivity index (χ0v) is 14.4. The van der Waals surface area contributed by atoms with Gasteiger partial charge >= 0.3 is 0 Å². The van der Waals surface area contributed by atoms with Gasteiger partial charge in [0.15, 0.2) is 0 Å². The highest BCUT2D eigenvalue weighted by molar-refractivity contribution is 7.91. The summed E-state index contributed by atoms with van der Waals surface area (Å²) in [6, 6.07) is 3.62. The Balaban J connectivity index is 2.45. The van der Waals surface area contributed by atoms with Crippen molar-refractivity contribution in [1.82, 2.24) is 9.97 Å². The third kappa shape index (κ3) is 3.56. The Morgan fingerprint density at radius 1 is 1.41 bits per heavy atom. The van der Waals surface area contributed by atoms with Crippen LogP contribution >= 0.6 is 0 Å². The van der Waals surface area contributed by atoms with Gasteiger partial charge in [-0.1, -0.05) is 11.3 Å². The summed E-state index contributed by atoms with van der Waals surface area (Å²) in [5, 5.41) is 0. The number of nitrogens with one attached hydrogen (secondary N) is 1. The van der Waals surface area contributed by atoms with E-state index in [0.717, 1.165) is 11.1 Å². The Hall–Kier alpha value is -1.66. The number of hydrogen-bond donors (Lipinski definition) is 1. The van der Waals surface area contributed by atoms with Crippen molar-refractivity contribution in [3.63, 3.8) is 0 Å². The molecule has 0 fully saturated rings. The zero-order chi connectivity index (χ0) is 16.5. The second-order valence-corrected chi connectivity index (χ2v) is 8.08. The van der Waals surface area contributed by atoms with E-state index in [-0.39, 0.29) is 5.56 Å². The first-order valence-electron chi connectivity index (χ1n) is 7.22. The molecule has 0 aliphatic carbocycles. The van der Waals surface area contributed by atoms with Gasteiger partial charge in [0, 0.05) is 17.3 Å². The molecule has 0 spiro atoms. The lowest BCUT2D eigenvalue weighted by Crippen LogP contribution is -2.26. The predicted octanol–water partition coefficient (Wildman–Crippen LogP) is 2.76. The quantitative estimate of drug-likeness (QED) is 0.697. The molecule has 5 nitrogen and oxygen atoms in total. The second-order valence-electron chi connectivity index (χ2n) is 6.17. The zero-order valence-electron chi connectivity index (χ0n) is 13.6. The summed E-state index contributed by atoms with van der Waals surface area (Å²) < 4.78 is 15.9. The van der Waals surface area contributed by atoms with Crippen LogP contribution < -0.4 is 5.56 Å². The van der Waals surface area contributed by atoms with Crippen LogP contribution in [0.4, 0.5) is 0 Å². The van der Waals surface area contributed by atoms with Crippen molar-refractivity contribution in [2.75, 3.05) is 0 Å². The SMILES string of the molecule is CCc1cc2ncc(/C(C)=N/[S@+]([O-])C(C)(C)C)cc2[nH]c1=O. The van der Waals surface area contributed by atoms with Crippen LogP contribution in [-0.4, -0.2) is 25.0 Å². The largest absolute Gasteiger partial charge is 0.591 e. The van der Waals surface area contributed by atoms with Gasteiger partial charge in [0.1, 0.15) is 16.1 Å². The normalized spacial score (nSPS) is 14.4. The van der Waals surface area contributed by atoms with Crippen LogP contribution in [0, 0.1) is 0 Å². The fourth-order valence-corrected chi connectivity index (χ4v) is 2.53. The second kappa shape index (κ2) is 6.22. The van der Waals surface area contributed by atoms with Crippen molar-refractivity contribution < 1.29 is 4.55 Å². The van der Waals surface area contributed by atoms with E-state index < -0.39 is 16.1 Å². The minimum atomic E-state index is -1.32. The van der Waals surface area contributed by atoms with E-state index in [1.165, 1.54) is 0 Å². The van der Waals surface area contributed by atoms with Crippen molar-refractivity contribution >= 4 is 28.1 Å². The molecular formula is C16H21N3O2S. The van der Waals surface area contributed by atoms with Crippen molar-refractivity contribution in [3.8, 4) is 0 Å². The summed E-state index contributed by atoms with van der Waals surface area (Å²) in [4.78, 5) is 19.1. The molecule has 0 bridgehead atoms. The standard InChI is InChI=1S/C16H21N3O2S/c1-6-11-7-13-14(18-15(11)20)8-12(9-17-13)10(2)19-22(21)16(3,4)5/h7-9H,6H2,1-5H3,(H,18,20)/b19-10+/t22-/m1/s1. The molecule has 2 aromatic rings. The van der Waals surface area contributed by atoms with Gasteiger partial charge in [0.05, 0.1) is 16.7 Å². The summed E-state index contributed by atoms with van der Waals surface area (Å²) in [6.45, 7) is 9.36. The molecule has 0 unspecified atom stereocenters. The highest BCUT2D eigenvalue weighted by Gasteiger charge is 2.26. The Bertz CT molecular complexity index is 775. The summed E-state index contributed by atoms with van der Waals surface area (Å²) in [5.41, 5.74) is 3.42. The molecule has 0 aromatic carbocycles. The van der Waals surface area contributed by atoms with E-state index in [2.05, 4.69) is 14.4 Å². The number of pyridine rings is 2. The highest BCUT2D eigenvalue weighted by Crippen LogP contribution is 2.19. The van der Waals surface area contributed by atoms with Crippen LogP contribution in [0.15, 0.2) is 27.5 Å². The number of aryl methyl sites for hydroxylation is 1. The van der Waals surface area contributed by atoms with E-state index in [1.807, 2.05) is 33.8 Å². The van der Waals surface area contributed by atoms with Crippen LogP contribution in [0.2, 0.25) is 0 Å². The average molecular weight is 319 g/mol. The van der Waals surface area contributed by atoms with E-state index in [4.69, 9.17) is 0 Å². The molecule has 1 N–H and O–H groups in total. The molecule has 0 aliphatic heterocycles. The maximum atomic E-state index is 12.1. The lowest BCUT2D eigenvalue weighted by molar-refractivity contribution is 0.561. The van der Waals surface area contributed by atoms with Gasteiger partial charge in [-0.2, -0.15) is 0 Å². The van der Waals surface area contributed by atoms with Crippen LogP contribution in [0.3, 0.4) is 0 Å². The minimum absolute atomic E-state index is 0.0955. The van der Waals surface area contributed by atoms with Gasteiger partial charge in [0.25, 0.3) is 5.56 Å². The summed E-state index contributed by atoms with van der Waals surface area (Å²) in [7, 11) is 0. The van der Waals surface area contributed by atoms with E-state index in [0.29, 0.717) is 23.2 Å². The van der Waals surface area contributed by atoms with Crippen LogP contribution in [-0.2, 0) is 17.8 Å². The first-order chi connectivity index (χ1) is 10.2. The number of hydrogen-bond acceptors (Lipinski definition) is 4. The Morgan fingerprint density at radius 2 is 2.09 bits per heavy atom. The topological polar surface area (TPSA) is 81.2 Å². The number of H-pyrrole nitrogens is 1. The van der Waals surface area contributed by atoms with Crippen molar-refractivity contribution in [2.24, 2.45) is 4.40 Å². The highest BCUT2D eigenvalue weighted by atomic mass is 32.2. The number of rotatable bonds is 3. The Labute approximate surface area is 133 Å². The first-order valence-corrected chi connectivity index (χ1v) is 8.32. The molecule has 2 aromatic heterocycles. The predicted molar refractivity (Wildman–Crippen MR) is 91.8 cm³/mol. The molecular weight excluding hydrogens is 298 g/mol. The third-order valence-electron chi connectivity index (χ3n) is 3.31. The van der Waals surface area contributed by atoms with Crippen LogP contribution in [0.5, 0.6) is 0 Å². The smallest absolute Gasteiger partial charge is 0.251 e. The third-order valence-corrected chi connectivity index (χ3v) is 4.80. The number of aromatic nitrogens is 2. The van der Waals surface area contributed by atoms with Gasteiger partial charge in [-0.3, -0.25) is 9.78 Å². The molecule has 0 radical (unpaired) electrons. The average Bonchev–Trinajstić information content (AvgIpc) is 2.44. The monoisotopic (exact) mass is 319 g/mol. The Kier molecular flexibility index (Phi) is 4.72. The first kappa shape index (κ1) is 16.7. The molecule has 1 atom stereocenters. The van der Waals surface area contributed by atoms with Crippen LogP contribution in [0.25, 0.3) is 11.0 Å². The lowest BCUT2D eigenvalue weighted by Gasteiger charge is -2.18. The van der Waals surface area contributed by atoms with Gasteiger partial charge < -0.3 is 9.54 Å². The fourth-order valence-electron chi connectivity index (χ4n) is 1.90. The maximum absolute atomic E-state index is 12.1. The van der Waals surface area contributed by atoms with Gasteiger partial charge in [0.2, 0.25) is 0 Å². The lowest BCUT2D eigenvalue weighted by atomic mass is 10.1. The van der Waals surface area contributed by atoms with Crippen molar-refractivity contribution in [2.45, 2.75) is 45.8 Å². The summed E-state index contributed by atoms with van der Waals surface area (Å²) >= 11 is -1.32. The maximum Gasteiger partial charge on any atom is 0.251 e. The molecule has 0 amide bonds. The van der Waals surface area contributed by atoms with Gasteiger partial charge in [-0.05, 0) is 46.2 Å². The Morgan fingerprint density at radius 3 is 2.68 bits per heavy atom. The molecule has 0 aliphatic rings. The molecule has 22 heavy (non-hydrogen) atoms. The van der Waals surface area contributed by atoms with Gasteiger partial charge in [-0.25, -0.2) is 0 Å². The summed E-state index contributed by atoms with van der Waals surface area (Å²) in [5.74, 6) is 0. The van der Waals surface area contributed by atoms with E-state index in [9.17, 15) is 9.35 Å². The fraction of sp³-hybridized carbons (Fsp3) is 0.438. The molecule has 0 saturated carbocycles. The molecule has 6 heteroatoms. The van der Waals surface area contributed by atoms with E-state index >= 15 is 0 Å². The molecule has 2 rings (SSSR count).